The fraction of sp³-hybridized carbons (Fsp3) is 0.750. The molecule has 27 heavy (non-hydrogen) atoms. The Bertz CT molecular complexity index is 659. The number of carbonyl (C=O) groups is 4. The number of esters is 2. The number of carbonyl (C=O) groups excluding carboxylic acids is 4. The predicted molar refractivity (Wildman–Crippen MR) is 100 cm³/mol. The molecule has 3 fully saturated rings. The number of fused-ring (bicyclic) bond motifs is 1. The number of cyclic esters (lactones) is 2. The van der Waals surface area contributed by atoms with Gasteiger partial charge in [0.1, 0.15) is 5.92 Å². The molecule has 152 valence electrons. The van der Waals surface area contributed by atoms with Crippen molar-refractivity contribution in [3.05, 3.63) is 0 Å². The van der Waals surface area contributed by atoms with Gasteiger partial charge in [0.25, 0.3) is 5.92 Å². The van der Waals surface area contributed by atoms with Gasteiger partial charge in [-0.1, -0.05) is 38.3 Å². The van der Waals surface area contributed by atoms with Gasteiger partial charge in [-0.2, -0.15) is 0 Å². The molecule has 0 N–H and O–H groups in total. The van der Waals surface area contributed by atoms with Crippen LogP contribution in [0.2, 0.25) is 0 Å². The van der Waals surface area contributed by atoms with Crippen molar-refractivity contribution in [1.29, 1.82) is 0 Å². The number of rotatable bonds is 2. The van der Waals surface area contributed by atoms with E-state index in [4.69, 9.17) is 23.2 Å². The van der Waals surface area contributed by atoms with Gasteiger partial charge in [0.2, 0.25) is 10.5 Å². The maximum Gasteiger partial charge on any atom is 0.319 e. The lowest BCUT2D eigenvalue weighted by molar-refractivity contribution is -0.153. The third-order valence-corrected chi connectivity index (χ3v) is 7.35. The maximum atomic E-state index is 13.2. The van der Waals surface area contributed by atoms with E-state index in [2.05, 4.69) is 36.6 Å². The minimum Gasteiger partial charge on any atom is -0.393 e. The van der Waals surface area contributed by atoms with Crippen LogP contribution in [0, 0.1) is 23.7 Å². The quantitative estimate of drug-likeness (QED) is 0.216. The molecule has 0 aromatic rings. The van der Waals surface area contributed by atoms with Crippen LogP contribution in [0.5, 0.6) is 0 Å². The molecule has 2 aliphatic carbocycles. The van der Waals surface area contributed by atoms with Gasteiger partial charge in [-0.25, -0.2) is 8.78 Å². The Kier molecular flexibility index (Phi) is 7.47. The minimum absolute atomic E-state index is 0.177. The van der Waals surface area contributed by atoms with Gasteiger partial charge >= 0.3 is 11.9 Å². The lowest BCUT2D eigenvalue weighted by Gasteiger charge is -2.33. The topological polar surface area (TPSA) is 77.5 Å². The molecule has 2 saturated carbocycles. The molecule has 1 heterocycles. The molecule has 11 heteroatoms. The molecule has 5 nitrogen and oxygen atoms in total. The average molecular weight is 557 g/mol. The molecule has 3 aliphatic rings. The minimum atomic E-state index is -3.22. The Balaban J connectivity index is 0.000000194. The second kappa shape index (κ2) is 8.71. The fourth-order valence-electron chi connectivity index (χ4n) is 3.75. The zero-order valence-corrected chi connectivity index (χ0v) is 18.5. The van der Waals surface area contributed by atoms with E-state index in [1.54, 1.807) is 0 Å². The second-order valence-corrected chi connectivity index (χ2v) is 11.5. The van der Waals surface area contributed by atoms with Crippen molar-refractivity contribution in [2.24, 2.45) is 23.7 Å². The van der Waals surface area contributed by atoms with E-state index >= 15 is 0 Å². The van der Waals surface area contributed by atoms with E-state index in [-0.39, 0.29) is 30.6 Å². The zero-order chi connectivity index (χ0) is 20.6. The number of ether oxygens (including phenoxy) is 1. The molecule has 4 unspecified atom stereocenters. The van der Waals surface area contributed by atoms with Crippen LogP contribution in [-0.2, 0) is 23.9 Å². The van der Waals surface area contributed by atoms with Gasteiger partial charge in [0.05, 0.1) is 15.1 Å². The van der Waals surface area contributed by atoms with Gasteiger partial charge in [0, 0.05) is 12.3 Å². The van der Waals surface area contributed by atoms with Crippen LogP contribution in [0.15, 0.2) is 0 Å². The van der Waals surface area contributed by atoms with E-state index in [0.29, 0.717) is 0 Å². The third kappa shape index (κ3) is 5.08. The van der Waals surface area contributed by atoms with Crippen LogP contribution in [0.3, 0.4) is 0 Å². The van der Waals surface area contributed by atoms with Crippen molar-refractivity contribution in [2.75, 3.05) is 0 Å². The van der Waals surface area contributed by atoms with Gasteiger partial charge in [0.15, 0.2) is 0 Å². The number of hydrogen-bond donors (Lipinski definition) is 0. The van der Waals surface area contributed by atoms with Gasteiger partial charge in [-0.05, 0) is 48.9 Å². The Morgan fingerprint density at radius 3 is 2.07 bits per heavy atom. The number of alkyl halides is 4. The smallest absolute Gasteiger partial charge is 0.319 e. The highest BCUT2D eigenvalue weighted by atomic mass is 79.9. The zero-order valence-electron chi connectivity index (χ0n) is 13.9. The highest BCUT2D eigenvalue weighted by Gasteiger charge is 2.56. The van der Waals surface area contributed by atoms with E-state index in [1.807, 2.05) is 0 Å². The summed E-state index contributed by atoms with van der Waals surface area (Å²) in [7, 11) is 0. The Hall–Kier alpha value is -0.120. The Labute approximate surface area is 181 Å². The molecular formula is C16H16Br2Cl2F2O5. The average Bonchev–Trinajstić information content (AvgIpc) is 2.81. The SMILES string of the molecule is O=C(Cl)C1CCCC(F)(F)C1C(=O)Cl.O=C1OC(=O)C2C1CCCC2(Br)Br. The maximum absolute atomic E-state index is 13.2. The molecule has 0 spiro atoms. The molecule has 1 saturated heterocycles. The molecule has 0 aromatic carbocycles. The van der Waals surface area contributed by atoms with Crippen LogP contribution >= 0.6 is 55.1 Å². The summed E-state index contributed by atoms with van der Waals surface area (Å²) in [6.45, 7) is 0. The number of hydrogen-bond acceptors (Lipinski definition) is 5. The molecule has 0 radical (unpaired) electrons. The van der Waals surface area contributed by atoms with Crippen LogP contribution in [0.25, 0.3) is 0 Å². The van der Waals surface area contributed by atoms with Crippen molar-refractivity contribution in [2.45, 2.75) is 47.7 Å². The molecule has 0 bridgehead atoms. The van der Waals surface area contributed by atoms with Crippen molar-refractivity contribution in [1.82, 2.24) is 0 Å². The fourth-order valence-corrected chi connectivity index (χ4v) is 5.87. The summed E-state index contributed by atoms with van der Waals surface area (Å²) in [5, 5.41) is -2.10. The highest BCUT2D eigenvalue weighted by molar-refractivity contribution is 9.25. The second-order valence-electron chi connectivity index (χ2n) is 6.82. The van der Waals surface area contributed by atoms with E-state index in [0.717, 1.165) is 19.3 Å². The van der Waals surface area contributed by atoms with Gasteiger partial charge in [-0.3, -0.25) is 19.2 Å². The Morgan fingerprint density at radius 1 is 1.00 bits per heavy atom. The molecule has 4 atom stereocenters. The lowest BCUT2D eigenvalue weighted by atomic mass is 9.78. The summed E-state index contributed by atoms with van der Waals surface area (Å²) in [5.41, 5.74) is 0. The van der Waals surface area contributed by atoms with Crippen LogP contribution in [0.4, 0.5) is 8.78 Å². The molecule has 3 rings (SSSR count). The first-order valence-corrected chi connectivity index (χ1v) is 10.6. The highest BCUT2D eigenvalue weighted by Crippen LogP contribution is 2.51. The predicted octanol–water partition coefficient (Wildman–Crippen LogP) is 4.54. The third-order valence-electron chi connectivity index (χ3n) is 5.06. The first-order chi connectivity index (χ1) is 12.4. The largest absolute Gasteiger partial charge is 0.393 e. The van der Waals surface area contributed by atoms with Crippen LogP contribution < -0.4 is 0 Å². The molecular weight excluding hydrogens is 541 g/mol. The van der Waals surface area contributed by atoms with Gasteiger partial charge < -0.3 is 4.74 Å². The summed E-state index contributed by atoms with van der Waals surface area (Å²) < 4.78 is 30.6. The summed E-state index contributed by atoms with van der Waals surface area (Å²) in [6.07, 6.45) is 2.49. The van der Waals surface area contributed by atoms with E-state index < -0.39 is 43.9 Å². The van der Waals surface area contributed by atoms with Crippen molar-refractivity contribution in [3.63, 3.8) is 0 Å². The first-order valence-electron chi connectivity index (χ1n) is 8.28. The van der Waals surface area contributed by atoms with Crippen LogP contribution in [0.1, 0.15) is 38.5 Å². The van der Waals surface area contributed by atoms with E-state index in [1.165, 1.54) is 0 Å². The van der Waals surface area contributed by atoms with Gasteiger partial charge in [-0.15, -0.1) is 0 Å². The monoisotopic (exact) mass is 554 g/mol. The molecule has 1 aliphatic heterocycles. The van der Waals surface area contributed by atoms with E-state index in [9.17, 15) is 28.0 Å². The summed E-state index contributed by atoms with van der Waals surface area (Å²) >= 11 is 17.1. The molecule has 0 aromatic heterocycles. The Morgan fingerprint density at radius 2 is 1.59 bits per heavy atom. The van der Waals surface area contributed by atoms with Crippen molar-refractivity contribution in [3.8, 4) is 0 Å². The number of halogens is 6. The standard InChI is InChI=1S/C8H8Br2O3.C8H8Cl2F2O2/c9-8(10)3-1-2-4-5(8)7(12)13-6(4)11;9-6(13)4-2-1-3-8(11,12)5(4)7(10)14/h4-5H,1-3H2;4-5H,1-3H2. The summed E-state index contributed by atoms with van der Waals surface area (Å²) in [6, 6.07) is 0. The van der Waals surface area contributed by atoms with Crippen molar-refractivity contribution < 1.29 is 32.7 Å². The summed E-state index contributed by atoms with van der Waals surface area (Å²) in [5.74, 6) is -7.49. The molecule has 0 amide bonds. The van der Waals surface area contributed by atoms with Crippen molar-refractivity contribution >= 4 is 77.5 Å². The normalized spacial score (nSPS) is 34.0. The lowest BCUT2D eigenvalue weighted by Crippen LogP contribution is -2.43. The first kappa shape index (κ1) is 23.2. The summed E-state index contributed by atoms with van der Waals surface area (Å²) in [4.78, 5) is 44.2. The van der Waals surface area contributed by atoms with Crippen LogP contribution in [-0.4, -0.2) is 31.6 Å².